The lowest BCUT2D eigenvalue weighted by Crippen LogP contribution is -2.45. The Balaban J connectivity index is 1.81. The molecule has 1 amide bonds. The Hall–Kier alpha value is -2.29. The Kier molecular flexibility index (Phi) is 5.32. The number of anilines is 1. The van der Waals surface area contributed by atoms with Gasteiger partial charge in [0.05, 0.1) is 11.3 Å². The normalized spacial score (nSPS) is 25.2. The fourth-order valence-corrected chi connectivity index (χ4v) is 3.66. The van der Waals surface area contributed by atoms with Gasteiger partial charge in [-0.25, -0.2) is 4.79 Å². The van der Waals surface area contributed by atoms with Crippen molar-refractivity contribution in [2.75, 3.05) is 11.4 Å². The predicted octanol–water partition coefficient (Wildman–Crippen LogP) is 3.19. The van der Waals surface area contributed by atoms with E-state index in [4.69, 9.17) is 9.84 Å². The highest BCUT2D eigenvalue weighted by molar-refractivity contribution is 5.90. The van der Waals surface area contributed by atoms with E-state index in [2.05, 4.69) is 5.32 Å². The number of benzene rings is 1. The lowest BCUT2D eigenvalue weighted by atomic mass is 9.93. The van der Waals surface area contributed by atoms with Gasteiger partial charge in [-0.05, 0) is 43.0 Å². The van der Waals surface area contributed by atoms with Gasteiger partial charge < -0.3 is 15.2 Å². The average molecular weight is 386 g/mol. The van der Waals surface area contributed by atoms with Gasteiger partial charge in [-0.3, -0.25) is 9.69 Å². The van der Waals surface area contributed by atoms with E-state index in [-0.39, 0.29) is 19.0 Å². The number of amides is 1. The van der Waals surface area contributed by atoms with Gasteiger partial charge in [0.2, 0.25) is 0 Å². The van der Waals surface area contributed by atoms with Crippen LogP contribution in [0.5, 0.6) is 0 Å². The van der Waals surface area contributed by atoms with Crippen molar-refractivity contribution in [1.82, 2.24) is 5.32 Å². The minimum absolute atomic E-state index is 0.158. The van der Waals surface area contributed by atoms with Crippen molar-refractivity contribution in [1.29, 1.82) is 0 Å². The maximum Gasteiger partial charge on any atom is 0.416 e. The van der Waals surface area contributed by atoms with Gasteiger partial charge in [-0.1, -0.05) is 6.92 Å². The smallest absolute Gasteiger partial charge is 0.416 e. The molecule has 0 aliphatic carbocycles. The number of carboxylic acid groups (broad SMARTS) is 1. The van der Waals surface area contributed by atoms with E-state index in [9.17, 15) is 22.8 Å². The zero-order chi connectivity index (χ0) is 19.8. The van der Waals surface area contributed by atoms with Crippen LogP contribution in [0.2, 0.25) is 0 Å². The molecule has 1 unspecified atom stereocenters. The van der Waals surface area contributed by atoms with Gasteiger partial charge in [0, 0.05) is 19.0 Å². The average Bonchev–Trinajstić information content (AvgIpc) is 3.08. The monoisotopic (exact) mass is 386 g/mol. The number of alkyl halides is 3. The molecule has 3 rings (SSSR count). The fourth-order valence-electron chi connectivity index (χ4n) is 3.66. The quantitative estimate of drug-likeness (QED) is 0.834. The third kappa shape index (κ3) is 4.02. The molecule has 1 aromatic rings. The van der Waals surface area contributed by atoms with Gasteiger partial charge in [0.1, 0.15) is 12.1 Å². The number of nitrogens with zero attached hydrogens (tertiary/aromatic N) is 1. The van der Waals surface area contributed by atoms with Crippen molar-refractivity contribution < 1.29 is 32.6 Å². The van der Waals surface area contributed by atoms with E-state index >= 15 is 0 Å². The SMILES string of the molecule is CCC1CCc2cc(C(F)(F)F)ccc2N1C(=O)O[C@H]1CN[C@H](C(=O)O)C1. The van der Waals surface area contributed by atoms with Gasteiger partial charge in [-0.15, -0.1) is 0 Å². The minimum atomic E-state index is -4.44. The lowest BCUT2D eigenvalue weighted by molar-refractivity contribution is -0.139. The molecule has 148 valence electrons. The summed E-state index contributed by atoms with van der Waals surface area (Å²) >= 11 is 0. The summed E-state index contributed by atoms with van der Waals surface area (Å²) in [6.07, 6.45) is -3.89. The molecule has 2 heterocycles. The third-order valence-corrected chi connectivity index (χ3v) is 5.10. The zero-order valence-electron chi connectivity index (χ0n) is 14.8. The molecule has 2 aliphatic heterocycles. The van der Waals surface area contributed by atoms with Crippen LogP contribution in [0.25, 0.3) is 0 Å². The number of hydrogen-bond acceptors (Lipinski definition) is 4. The van der Waals surface area contributed by atoms with E-state index in [0.29, 0.717) is 30.5 Å². The van der Waals surface area contributed by atoms with Crippen LogP contribution in [-0.2, 0) is 22.1 Å². The topological polar surface area (TPSA) is 78.9 Å². The first kappa shape index (κ1) is 19.5. The molecular formula is C18H21F3N2O4. The highest BCUT2D eigenvalue weighted by Gasteiger charge is 2.38. The van der Waals surface area contributed by atoms with E-state index < -0.39 is 35.9 Å². The van der Waals surface area contributed by atoms with Crippen LogP contribution < -0.4 is 10.2 Å². The van der Waals surface area contributed by atoms with Crippen molar-refractivity contribution in [3.63, 3.8) is 0 Å². The molecule has 6 nitrogen and oxygen atoms in total. The molecule has 27 heavy (non-hydrogen) atoms. The van der Waals surface area contributed by atoms with E-state index in [1.807, 2.05) is 6.92 Å². The first-order valence-electron chi connectivity index (χ1n) is 8.86. The van der Waals surface area contributed by atoms with Crippen molar-refractivity contribution >= 4 is 17.7 Å². The van der Waals surface area contributed by atoms with Crippen LogP contribution >= 0.6 is 0 Å². The Morgan fingerprint density at radius 1 is 1.37 bits per heavy atom. The summed E-state index contributed by atoms with van der Waals surface area (Å²) in [4.78, 5) is 25.2. The lowest BCUT2D eigenvalue weighted by Gasteiger charge is -2.36. The van der Waals surface area contributed by atoms with Crippen LogP contribution in [0.3, 0.4) is 0 Å². The highest BCUT2D eigenvalue weighted by atomic mass is 19.4. The Labute approximate surface area is 154 Å². The number of aliphatic carboxylic acids is 1. The molecule has 1 saturated heterocycles. The molecular weight excluding hydrogens is 365 g/mol. The van der Waals surface area contributed by atoms with Gasteiger partial charge in [-0.2, -0.15) is 13.2 Å². The number of ether oxygens (including phenoxy) is 1. The summed E-state index contributed by atoms with van der Waals surface area (Å²) in [5.74, 6) is -1.01. The molecule has 2 N–H and O–H groups in total. The number of carbonyl (C=O) groups excluding carboxylic acids is 1. The molecule has 0 radical (unpaired) electrons. The van der Waals surface area contributed by atoms with Crippen LogP contribution in [0.15, 0.2) is 18.2 Å². The maximum atomic E-state index is 13.0. The van der Waals surface area contributed by atoms with E-state index in [1.165, 1.54) is 11.0 Å². The molecule has 1 aromatic carbocycles. The van der Waals surface area contributed by atoms with Crippen LogP contribution in [-0.4, -0.2) is 41.9 Å². The summed E-state index contributed by atoms with van der Waals surface area (Å²) in [5.41, 5.74) is 0.139. The van der Waals surface area contributed by atoms with E-state index in [0.717, 1.165) is 12.1 Å². The molecule has 0 aromatic heterocycles. The zero-order valence-corrected chi connectivity index (χ0v) is 14.8. The molecule has 0 bridgehead atoms. The molecule has 1 fully saturated rings. The summed E-state index contributed by atoms with van der Waals surface area (Å²) < 4.78 is 44.4. The van der Waals surface area contributed by atoms with Gasteiger partial charge in [0.25, 0.3) is 0 Å². The molecule has 2 aliphatic rings. The molecule has 0 spiro atoms. The Morgan fingerprint density at radius 2 is 2.11 bits per heavy atom. The second-order valence-corrected chi connectivity index (χ2v) is 6.85. The van der Waals surface area contributed by atoms with Gasteiger partial charge >= 0.3 is 18.2 Å². The minimum Gasteiger partial charge on any atom is -0.480 e. The highest BCUT2D eigenvalue weighted by Crippen LogP contribution is 2.37. The number of aryl methyl sites for hydroxylation is 1. The van der Waals surface area contributed by atoms with Crippen LogP contribution in [0.1, 0.15) is 37.3 Å². The third-order valence-electron chi connectivity index (χ3n) is 5.10. The van der Waals surface area contributed by atoms with Crippen molar-refractivity contribution in [3.8, 4) is 0 Å². The Morgan fingerprint density at radius 3 is 2.70 bits per heavy atom. The van der Waals surface area contributed by atoms with Gasteiger partial charge in [0.15, 0.2) is 0 Å². The fraction of sp³-hybridized carbons (Fsp3) is 0.556. The van der Waals surface area contributed by atoms with Crippen molar-refractivity contribution in [2.45, 2.75) is 57.0 Å². The second-order valence-electron chi connectivity index (χ2n) is 6.85. The number of halogens is 3. The number of rotatable bonds is 3. The number of fused-ring (bicyclic) bond motifs is 1. The largest absolute Gasteiger partial charge is 0.480 e. The summed E-state index contributed by atoms with van der Waals surface area (Å²) in [6, 6.07) is 2.42. The summed E-state index contributed by atoms with van der Waals surface area (Å²) in [5, 5.41) is 11.8. The van der Waals surface area contributed by atoms with Crippen molar-refractivity contribution in [3.05, 3.63) is 29.3 Å². The first-order valence-corrected chi connectivity index (χ1v) is 8.86. The summed E-state index contributed by atoms with van der Waals surface area (Å²) in [7, 11) is 0. The van der Waals surface area contributed by atoms with E-state index in [1.54, 1.807) is 0 Å². The number of carboxylic acids is 1. The molecule has 0 saturated carbocycles. The standard InChI is InChI=1S/C18H21F3N2O4/c1-2-12-5-3-10-7-11(18(19,20)21)4-6-15(10)23(12)17(26)27-13-8-14(16(24)25)22-9-13/h4,6-7,12-14,22H,2-3,5,8-9H2,1H3,(H,24,25)/t12?,13-,14+/m1/s1. The number of hydrogen-bond donors (Lipinski definition) is 2. The second kappa shape index (κ2) is 7.38. The maximum absolute atomic E-state index is 13.0. The number of nitrogens with one attached hydrogen (secondary N) is 1. The van der Waals surface area contributed by atoms with Crippen molar-refractivity contribution in [2.24, 2.45) is 0 Å². The van der Waals surface area contributed by atoms with Crippen LogP contribution in [0, 0.1) is 0 Å². The molecule has 9 heteroatoms. The first-order chi connectivity index (χ1) is 12.7. The molecule has 3 atom stereocenters. The Bertz CT molecular complexity index is 738. The van der Waals surface area contributed by atoms with Crippen LogP contribution in [0.4, 0.5) is 23.7 Å². The summed E-state index contributed by atoms with van der Waals surface area (Å²) in [6.45, 7) is 2.13. The predicted molar refractivity (Wildman–Crippen MR) is 90.6 cm³/mol. The number of carbonyl (C=O) groups is 2.